The van der Waals surface area contributed by atoms with Gasteiger partial charge in [-0.2, -0.15) is 0 Å². The summed E-state index contributed by atoms with van der Waals surface area (Å²) in [4.78, 5) is 27.6. The van der Waals surface area contributed by atoms with E-state index >= 15 is 0 Å². The Kier molecular flexibility index (Phi) is 4.05. The van der Waals surface area contributed by atoms with Gasteiger partial charge in [-0.15, -0.1) is 0 Å². The quantitative estimate of drug-likeness (QED) is 0.789. The number of piperidine rings is 1. The molecule has 0 saturated carbocycles. The van der Waals surface area contributed by atoms with Gasteiger partial charge in [0.1, 0.15) is 5.52 Å². The molecule has 4 rings (SSSR count). The first-order valence-electron chi connectivity index (χ1n) is 8.45. The Morgan fingerprint density at radius 3 is 2.72 bits per heavy atom. The SMILES string of the molecule is Cn1c(N2CCC(NC(=O)c3cccnc3)CC2)nc2cccnc21. The second-order valence-electron chi connectivity index (χ2n) is 6.29. The standard InChI is InChI=1S/C18H20N6O/c1-23-16-15(5-3-9-20-16)22-18(23)24-10-6-14(7-11-24)21-17(25)13-4-2-8-19-12-13/h2-5,8-9,12,14H,6-7,10-11H2,1H3,(H,21,25). The molecule has 0 spiro atoms. The average molecular weight is 336 g/mol. The molecule has 128 valence electrons. The summed E-state index contributed by atoms with van der Waals surface area (Å²) in [5.74, 6) is 0.879. The van der Waals surface area contributed by atoms with Crippen LogP contribution in [0.3, 0.4) is 0 Å². The van der Waals surface area contributed by atoms with Gasteiger partial charge in [0.05, 0.1) is 5.56 Å². The minimum Gasteiger partial charge on any atom is -0.349 e. The number of hydrogen-bond donors (Lipinski definition) is 1. The molecule has 1 amide bonds. The summed E-state index contributed by atoms with van der Waals surface area (Å²) in [6.07, 6.45) is 6.83. The van der Waals surface area contributed by atoms with Crippen LogP contribution in [-0.2, 0) is 7.05 Å². The number of fused-ring (bicyclic) bond motifs is 1. The van der Waals surface area contributed by atoms with Crippen molar-refractivity contribution in [2.75, 3.05) is 18.0 Å². The summed E-state index contributed by atoms with van der Waals surface area (Å²) in [5, 5.41) is 3.10. The van der Waals surface area contributed by atoms with E-state index in [0.717, 1.165) is 43.0 Å². The molecule has 1 N–H and O–H groups in total. The van der Waals surface area contributed by atoms with Gasteiger partial charge in [0.2, 0.25) is 5.95 Å². The van der Waals surface area contributed by atoms with Crippen LogP contribution in [0.5, 0.6) is 0 Å². The molecule has 3 aromatic rings. The minimum absolute atomic E-state index is 0.0570. The van der Waals surface area contributed by atoms with Crippen molar-refractivity contribution < 1.29 is 4.79 Å². The first kappa shape index (κ1) is 15.6. The van der Waals surface area contributed by atoms with E-state index in [0.29, 0.717) is 5.56 Å². The molecule has 25 heavy (non-hydrogen) atoms. The molecule has 0 radical (unpaired) electrons. The van der Waals surface area contributed by atoms with Crippen LogP contribution in [0.4, 0.5) is 5.95 Å². The number of amides is 1. The molecule has 1 aliphatic rings. The van der Waals surface area contributed by atoms with Crippen LogP contribution in [0, 0.1) is 0 Å². The Balaban J connectivity index is 1.41. The number of aryl methyl sites for hydroxylation is 1. The van der Waals surface area contributed by atoms with Gasteiger partial charge >= 0.3 is 0 Å². The summed E-state index contributed by atoms with van der Waals surface area (Å²) < 4.78 is 2.03. The van der Waals surface area contributed by atoms with Crippen molar-refractivity contribution in [1.29, 1.82) is 0 Å². The number of rotatable bonds is 3. The molecule has 1 fully saturated rings. The molecular weight excluding hydrogens is 316 g/mol. The number of carbonyl (C=O) groups excluding carboxylic acids is 1. The molecule has 1 saturated heterocycles. The number of nitrogens with one attached hydrogen (secondary N) is 1. The van der Waals surface area contributed by atoms with Crippen LogP contribution in [0.25, 0.3) is 11.2 Å². The molecule has 1 aliphatic heterocycles. The van der Waals surface area contributed by atoms with Gasteiger partial charge in [0.15, 0.2) is 5.65 Å². The number of aromatic nitrogens is 4. The molecule has 7 heteroatoms. The van der Waals surface area contributed by atoms with Gasteiger partial charge in [0.25, 0.3) is 5.91 Å². The summed E-state index contributed by atoms with van der Waals surface area (Å²) in [6, 6.07) is 7.62. The summed E-state index contributed by atoms with van der Waals surface area (Å²) in [7, 11) is 1.99. The molecule has 0 aromatic carbocycles. The number of nitrogens with zero attached hydrogens (tertiary/aromatic N) is 5. The molecule has 4 heterocycles. The van der Waals surface area contributed by atoms with Gasteiger partial charge in [0, 0.05) is 44.8 Å². The first-order chi connectivity index (χ1) is 12.2. The molecule has 0 bridgehead atoms. The zero-order valence-electron chi connectivity index (χ0n) is 14.1. The Labute approximate surface area is 145 Å². The minimum atomic E-state index is -0.0570. The van der Waals surface area contributed by atoms with E-state index < -0.39 is 0 Å². The lowest BCUT2D eigenvalue weighted by molar-refractivity contribution is 0.0930. The Bertz CT molecular complexity index is 883. The van der Waals surface area contributed by atoms with Crippen LogP contribution in [-0.4, -0.2) is 44.6 Å². The predicted octanol–water partition coefficient (Wildman–Crippen LogP) is 1.76. The highest BCUT2D eigenvalue weighted by atomic mass is 16.1. The maximum atomic E-state index is 12.2. The second kappa shape index (κ2) is 6.51. The Hall–Kier alpha value is -2.96. The predicted molar refractivity (Wildman–Crippen MR) is 95.4 cm³/mol. The number of carbonyl (C=O) groups is 1. The van der Waals surface area contributed by atoms with Gasteiger partial charge in [-0.25, -0.2) is 9.97 Å². The van der Waals surface area contributed by atoms with Crippen molar-refractivity contribution in [3.8, 4) is 0 Å². The number of imidazole rings is 1. The maximum Gasteiger partial charge on any atom is 0.253 e. The zero-order valence-corrected chi connectivity index (χ0v) is 14.1. The monoisotopic (exact) mass is 336 g/mol. The van der Waals surface area contributed by atoms with Crippen molar-refractivity contribution in [3.63, 3.8) is 0 Å². The van der Waals surface area contributed by atoms with E-state index in [2.05, 4.69) is 20.2 Å². The van der Waals surface area contributed by atoms with Crippen LogP contribution in [0.15, 0.2) is 42.9 Å². The van der Waals surface area contributed by atoms with Gasteiger partial charge < -0.3 is 10.2 Å². The average Bonchev–Trinajstić information content (AvgIpc) is 3.00. The van der Waals surface area contributed by atoms with Crippen molar-refractivity contribution in [2.24, 2.45) is 7.05 Å². The highest BCUT2D eigenvalue weighted by Crippen LogP contribution is 2.22. The van der Waals surface area contributed by atoms with Gasteiger partial charge in [-0.1, -0.05) is 0 Å². The smallest absolute Gasteiger partial charge is 0.253 e. The third kappa shape index (κ3) is 3.05. The van der Waals surface area contributed by atoms with Crippen molar-refractivity contribution >= 4 is 23.0 Å². The van der Waals surface area contributed by atoms with Gasteiger partial charge in [-0.05, 0) is 37.1 Å². The zero-order chi connectivity index (χ0) is 17.2. The fraction of sp³-hybridized carbons (Fsp3) is 0.333. The lowest BCUT2D eigenvalue weighted by Crippen LogP contribution is -2.45. The summed E-state index contributed by atoms with van der Waals surface area (Å²) >= 11 is 0. The molecular formula is C18H20N6O. The van der Waals surface area contributed by atoms with E-state index in [1.807, 2.05) is 23.7 Å². The topological polar surface area (TPSA) is 75.9 Å². The first-order valence-corrected chi connectivity index (χ1v) is 8.45. The van der Waals surface area contributed by atoms with Crippen LogP contribution in [0.2, 0.25) is 0 Å². The Morgan fingerprint density at radius 1 is 1.20 bits per heavy atom. The maximum absolute atomic E-state index is 12.2. The second-order valence-corrected chi connectivity index (χ2v) is 6.29. The molecule has 0 atom stereocenters. The van der Waals surface area contributed by atoms with E-state index in [1.54, 1.807) is 30.7 Å². The van der Waals surface area contributed by atoms with E-state index in [9.17, 15) is 4.79 Å². The van der Waals surface area contributed by atoms with E-state index in [1.165, 1.54) is 0 Å². The Morgan fingerprint density at radius 2 is 2.00 bits per heavy atom. The fourth-order valence-electron chi connectivity index (χ4n) is 3.28. The van der Waals surface area contributed by atoms with Crippen LogP contribution < -0.4 is 10.2 Å². The van der Waals surface area contributed by atoms with Gasteiger partial charge in [-0.3, -0.25) is 14.3 Å². The molecule has 0 unspecified atom stereocenters. The molecule has 3 aromatic heterocycles. The fourth-order valence-corrected chi connectivity index (χ4v) is 3.28. The number of anilines is 1. The van der Waals surface area contributed by atoms with Crippen molar-refractivity contribution in [3.05, 3.63) is 48.4 Å². The van der Waals surface area contributed by atoms with Crippen LogP contribution >= 0.6 is 0 Å². The van der Waals surface area contributed by atoms with E-state index in [-0.39, 0.29) is 11.9 Å². The highest BCUT2D eigenvalue weighted by molar-refractivity contribution is 5.94. The normalized spacial score (nSPS) is 15.5. The third-order valence-corrected chi connectivity index (χ3v) is 4.64. The number of hydrogen-bond acceptors (Lipinski definition) is 5. The third-order valence-electron chi connectivity index (χ3n) is 4.64. The highest BCUT2D eigenvalue weighted by Gasteiger charge is 2.24. The number of pyridine rings is 2. The lowest BCUT2D eigenvalue weighted by Gasteiger charge is -2.32. The molecule has 7 nitrogen and oxygen atoms in total. The van der Waals surface area contributed by atoms with Crippen LogP contribution in [0.1, 0.15) is 23.2 Å². The van der Waals surface area contributed by atoms with Crippen molar-refractivity contribution in [2.45, 2.75) is 18.9 Å². The largest absolute Gasteiger partial charge is 0.349 e. The van der Waals surface area contributed by atoms with E-state index in [4.69, 9.17) is 4.98 Å². The lowest BCUT2D eigenvalue weighted by atomic mass is 10.0. The summed E-state index contributed by atoms with van der Waals surface area (Å²) in [5.41, 5.74) is 2.41. The molecule has 0 aliphatic carbocycles. The summed E-state index contributed by atoms with van der Waals surface area (Å²) in [6.45, 7) is 1.71. The van der Waals surface area contributed by atoms with Crippen molar-refractivity contribution in [1.82, 2.24) is 24.8 Å².